The summed E-state index contributed by atoms with van der Waals surface area (Å²) in [6, 6.07) is 12.3. The van der Waals surface area contributed by atoms with Gasteiger partial charge in [-0.3, -0.25) is 13.9 Å². The molecule has 0 saturated heterocycles. The first kappa shape index (κ1) is 28.5. The van der Waals surface area contributed by atoms with Gasteiger partial charge in [-0.1, -0.05) is 50.1 Å². The number of sulfonamides is 1. The van der Waals surface area contributed by atoms with Crippen molar-refractivity contribution >= 4 is 27.5 Å². The van der Waals surface area contributed by atoms with Gasteiger partial charge in [0.25, 0.3) is 0 Å². The number of carbonyl (C=O) groups excluding carboxylic acids is 2. The van der Waals surface area contributed by atoms with E-state index >= 15 is 0 Å². The number of benzene rings is 2. The van der Waals surface area contributed by atoms with Crippen LogP contribution in [-0.2, 0) is 26.2 Å². The zero-order valence-corrected chi connectivity index (χ0v) is 23.3. The minimum atomic E-state index is -3.84. The Bertz CT molecular complexity index is 1210. The van der Waals surface area contributed by atoms with E-state index in [9.17, 15) is 18.0 Å². The van der Waals surface area contributed by atoms with Crippen molar-refractivity contribution in [1.82, 2.24) is 10.2 Å². The maximum atomic E-state index is 13.9. The second kappa shape index (κ2) is 12.4. The van der Waals surface area contributed by atoms with Gasteiger partial charge in [0.1, 0.15) is 18.3 Å². The topological polar surface area (TPSA) is 96.0 Å². The Morgan fingerprint density at radius 2 is 1.78 bits per heavy atom. The van der Waals surface area contributed by atoms with Crippen LogP contribution in [0.25, 0.3) is 0 Å². The highest BCUT2D eigenvalue weighted by Gasteiger charge is 2.33. The quantitative estimate of drug-likeness (QED) is 0.476. The van der Waals surface area contributed by atoms with Crippen molar-refractivity contribution in [3.63, 3.8) is 0 Å². The molecule has 0 spiro atoms. The third kappa shape index (κ3) is 7.25. The normalized spacial score (nSPS) is 14.7. The maximum Gasteiger partial charge on any atom is 0.244 e. The first-order valence-electron chi connectivity index (χ1n) is 12.8. The Morgan fingerprint density at radius 3 is 2.38 bits per heavy atom. The van der Waals surface area contributed by atoms with Gasteiger partial charge in [-0.2, -0.15) is 0 Å². The predicted molar refractivity (Wildman–Crippen MR) is 146 cm³/mol. The molecule has 2 aromatic rings. The van der Waals surface area contributed by atoms with Crippen molar-refractivity contribution in [2.45, 2.75) is 71.5 Å². The van der Waals surface area contributed by atoms with Gasteiger partial charge in [-0.25, -0.2) is 8.42 Å². The van der Waals surface area contributed by atoms with Crippen molar-refractivity contribution in [2.75, 3.05) is 24.2 Å². The summed E-state index contributed by atoms with van der Waals surface area (Å²) in [5.41, 5.74) is 3.02. The number of rotatable bonds is 11. The lowest BCUT2D eigenvalue weighted by molar-refractivity contribution is -0.140. The Hall–Kier alpha value is -3.07. The predicted octanol–water partition coefficient (Wildman–Crippen LogP) is 3.94. The second-order valence-corrected chi connectivity index (χ2v) is 11.7. The van der Waals surface area contributed by atoms with Crippen LogP contribution in [0.5, 0.6) is 5.75 Å². The first-order valence-corrected chi connectivity index (χ1v) is 14.7. The molecule has 1 atom stereocenters. The number of ether oxygens (including phenoxy) is 1. The van der Waals surface area contributed by atoms with Crippen LogP contribution >= 0.6 is 0 Å². The SMILES string of the molecule is CC[C@H](C(=O)NC1CCCC1)N(Cc1ccccc1C)C(=O)CN(c1cc(C)ccc1OC)S(C)(=O)=O. The Labute approximate surface area is 221 Å². The van der Waals surface area contributed by atoms with Gasteiger partial charge in [0.2, 0.25) is 21.8 Å². The molecule has 8 nitrogen and oxygen atoms in total. The molecule has 1 aliphatic rings. The van der Waals surface area contributed by atoms with Gasteiger partial charge in [0.05, 0.1) is 19.1 Å². The van der Waals surface area contributed by atoms with Crippen LogP contribution < -0.4 is 14.4 Å². The first-order chi connectivity index (χ1) is 17.5. The zero-order chi connectivity index (χ0) is 27.2. The molecule has 0 unspecified atom stereocenters. The fourth-order valence-corrected chi connectivity index (χ4v) is 5.69. The van der Waals surface area contributed by atoms with Crippen LogP contribution in [0.2, 0.25) is 0 Å². The third-order valence-corrected chi connectivity index (χ3v) is 8.10. The highest BCUT2D eigenvalue weighted by atomic mass is 32.2. The van der Waals surface area contributed by atoms with Crippen molar-refractivity contribution in [3.8, 4) is 5.75 Å². The molecule has 9 heteroatoms. The van der Waals surface area contributed by atoms with Crippen LogP contribution in [0.1, 0.15) is 55.7 Å². The summed E-state index contributed by atoms with van der Waals surface area (Å²) >= 11 is 0. The van der Waals surface area contributed by atoms with Gasteiger partial charge >= 0.3 is 0 Å². The van der Waals surface area contributed by atoms with Gasteiger partial charge in [-0.15, -0.1) is 0 Å². The van der Waals surface area contributed by atoms with E-state index in [1.165, 1.54) is 12.0 Å². The van der Waals surface area contributed by atoms with E-state index in [2.05, 4.69) is 5.32 Å². The minimum absolute atomic E-state index is 0.112. The van der Waals surface area contributed by atoms with E-state index < -0.39 is 28.5 Å². The average Bonchev–Trinajstić information content (AvgIpc) is 3.35. The number of methoxy groups -OCH3 is 1. The van der Waals surface area contributed by atoms with E-state index in [1.807, 2.05) is 51.1 Å². The van der Waals surface area contributed by atoms with E-state index in [1.54, 1.807) is 12.1 Å². The summed E-state index contributed by atoms with van der Waals surface area (Å²) in [6.45, 7) is 5.42. The molecule has 0 aromatic heterocycles. The van der Waals surface area contributed by atoms with Crippen molar-refractivity contribution in [3.05, 3.63) is 59.2 Å². The molecule has 202 valence electrons. The molecule has 0 aliphatic heterocycles. The monoisotopic (exact) mass is 529 g/mol. The van der Waals surface area contributed by atoms with Gasteiger partial charge in [-0.05, 0) is 61.9 Å². The summed E-state index contributed by atoms with van der Waals surface area (Å²) in [5, 5.41) is 3.12. The lowest BCUT2D eigenvalue weighted by Crippen LogP contribution is -2.53. The van der Waals surface area contributed by atoms with Gasteiger partial charge in [0, 0.05) is 12.6 Å². The molecule has 1 fully saturated rings. The molecule has 0 bridgehead atoms. The van der Waals surface area contributed by atoms with Crippen LogP contribution in [0.4, 0.5) is 5.69 Å². The largest absolute Gasteiger partial charge is 0.495 e. The Kier molecular flexibility index (Phi) is 9.59. The summed E-state index contributed by atoms with van der Waals surface area (Å²) in [7, 11) is -2.38. The van der Waals surface area contributed by atoms with Crippen molar-refractivity contribution < 1.29 is 22.7 Å². The molecule has 3 rings (SSSR count). The summed E-state index contributed by atoms with van der Waals surface area (Å²) in [4.78, 5) is 28.8. The summed E-state index contributed by atoms with van der Waals surface area (Å²) < 4.78 is 32.3. The van der Waals surface area contributed by atoms with E-state index in [0.717, 1.165) is 52.9 Å². The molecule has 2 aromatic carbocycles. The molecule has 2 amide bonds. The molecule has 37 heavy (non-hydrogen) atoms. The number of carbonyl (C=O) groups is 2. The molecular formula is C28H39N3O5S. The van der Waals surface area contributed by atoms with E-state index in [0.29, 0.717) is 12.2 Å². The third-order valence-electron chi connectivity index (χ3n) is 6.97. The van der Waals surface area contributed by atoms with Crippen LogP contribution in [-0.4, -0.2) is 57.1 Å². The van der Waals surface area contributed by atoms with Crippen LogP contribution in [0, 0.1) is 13.8 Å². The van der Waals surface area contributed by atoms with Gasteiger partial charge < -0.3 is 15.0 Å². The van der Waals surface area contributed by atoms with Crippen molar-refractivity contribution in [2.24, 2.45) is 0 Å². The molecule has 0 heterocycles. The maximum absolute atomic E-state index is 13.9. The highest BCUT2D eigenvalue weighted by Crippen LogP contribution is 2.31. The van der Waals surface area contributed by atoms with Crippen molar-refractivity contribution in [1.29, 1.82) is 0 Å². The number of anilines is 1. The second-order valence-electron chi connectivity index (χ2n) is 9.81. The Balaban J connectivity index is 1.98. The number of aryl methyl sites for hydroxylation is 2. The zero-order valence-electron chi connectivity index (χ0n) is 22.5. The fourth-order valence-electron chi connectivity index (χ4n) is 4.85. The summed E-state index contributed by atoms with van der Waals surface area (Å²) in [6.07, 6.45) is 5.50. The average molecular weight is 530 g/mol. The van der Waals surface area contributed by atoms with Gasteiger partial charge in [0.15, 0.2) is 0 Å². The smallest absolute Gasteiger partial charge is 0.244 e. The summed E-state index contributed by atoms with van der Waals surface area (Å²) in [5.74, 6) is -0.304. The Morgan fingerprint density at radius 1 is 1.11 bits per heavy atom. The van der Waals surface area contributed by atoms with Crippen LogP contribution in [0.15, 0.2) is 42.5 Å². The number of nitrogens with zero attached hydrogens (tertiary/aromatic N) is 2. The van der Waals surface area contributed by atoms with E-state index in [-0.39, 0.29) is 24.2 Å². The van der Waals surface area contributed by atoms with E-state index in [4.69, 9.17) is 4.74 Å². The molecule has 1 saturated carbocycles. The number of hydrogen-bond donors (Lipinski definition) is 1. The molecule has 1 aliphatic carbocycles. The standard InChI is InChI=1S/C28H39N3O5S/c1-6-24(28(33)29-23-13-9-10-14-23)30(18-22-12-8-7-11-21(22)3)27(32)19-31(37(5,34)35)25-17-20(2)15-16-26(25)36-4/h7-8,11-12,15-17,23-24H,6,9-10,13-14,18-19H2,1-5H3,(H,29,33)/t24-/m1/s1. The van der Waals surface area contributed by atoms with Crippen LogP contribution in [0.3, 0.4) is 0 Å². The molecule has 1 N–H and O–H groups in total. The highest BCUT2D eigenvalue weighted by molar-refractivity contribution is 7.92. The lowest BCUT2D eigenvalue weighted by atomic mass is 10.1. The number of nitrogens with one attached hydrogen (secondary N) is 1. The minimum Gasteiger partial charge on any atom is -0.495 e. The molecule has 0 radical (unpaired) electrons. The number of amides is 2. The fraction of sp³-hybridized carbons (Fsp3) is 0.500. The molecular weight excluding hydrogens is 490 g/mol. The number of hydrogen-bond acceptors (Lipinski definition) is 5. The lowest BCUT2D eigenvalue weighted by Gasteiger charge is -2.34.